The molecule has 0 spiro atoms. The van der Waals surface area contributed by atoms with Crippen molar-refractivity contribution in [1.29, 1.82) is 0 Å². The van der Waals surface area contributed by atoms with Gasteiger partial charge in [-0.25, -0.2) is 0 Å². The highest BCUT2D eigenvalue weighted by Gasteiger charge is 2.20. The molecule has 0 radical (unpaired) electrons. The third-order valence-electron chi connectivity index (χ3n) is 2.42. The van der Waals surface area contributed by atoms with Gasteiger partial charge in [0.1, 0.15) is 0 Å². The lowest BCUT2D eigenvalue weighted by atomic mass is 9.95. The fraction of sp³-hybridized carbons (Fsp3) is 0.357. The summed E-state index contributed by atoms with van der Waals surface area (Å²) in [6.45, 7) is 6.07. The minimum atomic E-state index is -0.398. The Morgan fingerprint density at radius 1 is 1.47 bits per heavy atom. The van der Waals surface area contributed by atoms with E-state index in [0.717, 1.165) is 5.56 Å². The molecule has 1 rings (SSSR count). The monoisotopic (exact) mass is 296 g/mol. The molecule has 19 heavy (non-hydrogen) atoms. The average molecular weight is 297 g/mol. The number of amides is 1. The molecule has 0 saturated heterocycles. The highest BCUT2D eigenvalue weighted by molar-refractivity contribution is 7.80. The molecule has 0 fully saturated rings. The molecule has 1 aromatic carbocycles. The Kier molecular flexibility index (Phi) is 5.63. The zero-order valence-corrected chi connectivity index (χ0v) is 12.8. The molecule has 5 heteroatoms. The van der Waals surface area contributed by atoms with Crippen molar-refractivity contribution in [3.8, 4) is 0 Å². The first-order valence-electron chi connectivity index (χ1n) is 5.89. The second-order valence-electron chi connectivity index (χ2n) is 5.13. The molecule has 0 aliphatic carbocycles. The van der Waals surface area contributed by atoms with Gasteiger partial charge in [-0.1, -0.05) is 50.7 Å². The quantitative estimate of drug-likeness (QED) is 0.680. The summed E-state index contributed by atoms with van der Waals surface area (Å²) in [6.07, 6.45) is 1.51. The van der Waals surface area contributed by atoms with E-state index in [4.69, 9.17) is 11.6 Å². The van der Waals surface area contributed by atoms with Crippen LogP contribution < -0.4 is 5.32 Å². The summed E-state index contributed by atoms with van der Waals surface area (Å²) in [5.74, 6) is 0.00592. The van der Waals surface area contributed by atoms with Crippen LogP contribution in [0.25, 0.3) is 0 Å². The molecule has 0 aliphatic heterocycles. The van der Waals surface area contributed by atoms with Crippen molar-refractivity contribution in [3.05, 3.63) is 28.8 Å². The summed E-state index contributed by atoms with van der Waals surface area (Å²) in [5.41, 5.74) is 1.19. The molecule has 102 valence electrons. The molecular formula is C14H17ClN2OS. The second-order valence-corrected chi connectivity index (χ2v) is 5.81. The van der Waals surface area contributed by atoms with Crippen molar-refractivity contribution < 1.29 is 4.79 Å². The van der Waals surface area contributed by atoms with E-state index in [-0.39, 0.29) is 5.91 Å². The summed E-state index contributed by atoms with van der Waals surface area (Å²) in [6, 6.07) is 5.46. The Morgan fingerprint density at radius 2 is 2.16 bits per heavy atom. The third kappa shape index (κ3) is 5.09. The third-order valence-corrected chi connectivity index (χ3v) is 2.86. The lowest BCUT2D eigenvalue weighted by Crippen LogP contribution is -2.34. The number of hydrogen-bond acceptors (Lipinski definition) is 3. The number of hydrogen-bond donors (Lipinski definition) is 1. The molecule has 0 aliphatic rings. The van der Waals surface area contributed by atoms with E-state index in [0.29, 0.717) is 17.3 Å². The highest BCUT2D eigenvalue weighted by atomic mass is 35.5. The van der Waals surface area contributed by atoms with Crippen LogP contribution in [0.4, 0.5) is 5.69 Å². The SMILES string of the molecule is CC(C)(C)C(=O)NCc1ccc(Cl)c(N=CC=S)c1. The van der Waals surface area contributed by atoms with Crippen molar-refractivity contribution in [3.63, 3.8) is 0 Å². The van der Waals surface area contributed by atoms with Crippen molar-refractivity contribution in [1.82, 2.24) is 5.32 Å². The number of nitrogens with one attached hydrogen (secondary N) is 1. The van der Waals surface area contributed by atoms with Crippen LogP contribution in [0.1, 0.15) is 26.3 Å². The molecule has 1 aromatic rings. The van der Waals surface area contributed by atoms with E-state index >= 15 is 0 Å². The van der Waals surface area contributed by atoms with Crippen LogP contribution in [0.3, 0.4) is 0 Å². The van der Waals surface area contributed by atoms with Crippen LogP contribution in [0.5, 0.6) is 0 Å². The minimum Gasteiger partial charge on any atom is -0.352 e. The van der Waals surface area contributed by atoms with Crippen LogP contribution in [-0.4, -0.2) is 17.5 Å². The Hall–Kier alpha value is -1.26. The maximum atomic E-state index is 11.8. The Balaban J connectivity index is 2.78. The Bertz CT molecular complexity index is 507. The van der Waals surface area contributed by atoms with Gasteiger partial charge in [-0.3, -0.25) is 9.79 Å². The number of rotatable bonds is 4. The molecule has 0 saturated carbocycles. The van der Waals surface area contributed by atoms with Gasteiger partial charge < -0.3 is 5.32 Å². The summed E-state index contributed by atoms with van der Waals surface area (Å²) in [7, 11) is 0. The molecule has 0 atom stereocenters. The highest BCUT2D eigenvalue weighted by Crippen LogP contribution is 2.25. The average Bonchev–Trinajstić information content (AvgIpc) is 2.34. The first-order valence-corrected chi connectivity index (χ1v) is 6.74. The predicted molar refractivity (Wildman–Crippen MR) is 84.6 cm³/mol. The minimum absolute atomic E-state index is 0.00592. The van der Waals surface area contributed by atoms with Gasteiger partial charge in [0.25, 0.3) is 0 Å². The zero-order valence-electron chi connectivity index (χ0n) is 11.2. The van der Waals surface area contributed by atoms with Gasteiger partial charge in [0, 0.05) is 23.5 Å². The first kappa shape index (κ1) is 15.8. The van der Waals surface area contributed by atoms with Crippen molar-refractivity contribution in [2.45, 2.75) is 27.3 Å². The first-order chi connectivity index (χ1) is 8.84. The van der Waals surface area contributed by atoms with Crippen LogP contribution in [0, 0.1) is 5.41 Å². The molecule has 1 amide bonds. The van der Waals surface area contributed by atoms with Crippen LogP contribution in [0.2, 0.25) is 5.02 Å². The van der Waals surface area contributed by atoms with Gasteiger partial charge in [0.2, 0.25) is 5.91 Å². The summed E-state index contributed by atoms with van der Waals surface area (Å²) >= 11 is 10.7. The zero-order chi connectivity index (χ0) is 14.5. The summed E-state index contributed by atoms with van der Waals surface area (Å²) < 4.78 is 0. The van der Waals surface area contributed by atoms with Crippen molar-refractivity contribution >= 4 is 47.0 Å². The second kappa shape index (κ2) is 6.78. The van der Waals surface area contributed by atoms with Gasteiger partial charge >= 0.3 is 0 Å². The number of aliphatic imine (C=N–C) groups is 1. The standard InChI is InChI=1S/C14H17ClN2OS/c1-14(2,3)13(18)17-9-10-4-5-11(15)12(8-10)16-6-7-19/h4-8H,9H2,1-3H3,(H,17,18). The lowest BCUT2D eigenvalue weighted by Gasteiger charge is -2.17. The number of halogens is 1. The van der Waals surface area contributed by atoms with Crippen LogP contribution >= 0.6 is 23.8 Å². The van der Waals surface area contributed by atoms with Crippen LogP contribution in [0.15, 0.2) is 23.2 Å². The number of benzene rings is 1. The number of nitrogens with zero attached hydrogens (tertiary/aromatic N) is 1. The number of carbonyl (C=O) groups excluding carboxylic acids is 1. The molecule has 0 bridgehead atoms. The molecule has 0 aromatic heterocycles. The lowest BCUT2D eigenvalue weighted by molar-refractivity contribution is -0.128. The van der Waals surface area contributed by atoms with E-state index in [1.165, 1.54) is 11.6 Å². The van der Waals surface area contributed by atoms with Gasteiger partial charge in [-0.05, 0) is 17.7 Å². The van der Waals surface area contributed by atoms with E-state index in [1.807, 2.05) is 32.9 Å². The topological polar surface area (TPSA) is 41.5 Å². The largest absolute Gasteiger partial charge is 0.352 e. The summed E-state index contributed by atoms with van der Waals surface area (Å²) in [5, 5.41) is 4.86. The number of thiocarbonyl (C=S) groups is 1. The molecule has 1 N–H and O–H groups in total. The van der Waals surface area contributed by atoms with Gasteiger partial charge in [-0.2, -0.15) is 0 Å². The van der Waals surface area contributed by atoms with Gasteiger partial charge in [0.15, 0.2) is 0 Å². The molecule has 0 unspecified atom stereocenters. The smallest absolute Gasteiger partial charge is 0.225 e. The maximum absolute atomic E-state index is 11.8. The predicted octanol–water partition coefficient (Wildman–Crippen LogP) is 3.70. The molecule has 0 heterocycles. The van der Waals surface area contributed by atoms with Gasteiger partial charge in [-0.15, -0.1) is 0 Å². The molecular weight excluding hydrogens is 280 g/mol. The fourth-order valence-corrected chi connectivity index (χ4v) is 1.55. The van der Waals surface area contributed by atoms with E-state index in [2.05, 4.69) is 22.5 Å². The normalized spacial score (nSPS) is 11.6. The van der Waals surface area contributed by atoms with E-state index < -0.39 is 5.41 Å². The van der Waals surface area contributed by atoms with Crippen molar-refractivity contribution in [2.75, 3.05) is 0 Å². The van der Waals surface area contributed by atoms with Gasteiger partial charge in [0.05, 0.1) is 10.7 Å². The number of carbonyl (C=O) groups is 1. The van der Waals surface area contributed by atoms with E-state index in [9.17, 15) is 4.79 Å². The van der Waals surface area contributed by atoms with Crippen molar-refractivity contribution in [2.24, 2.45) is 10.4 Å². The Labute approximate surface area is 124 Å². The molecule has 3 nitrogen and oxygen atoms in total. The Morgan fingerprint density at radius 3 is 2.74 bits per heavy atom. The van der Waals surface area contributed by atoms with Crippen LogP contribution in [-0.2, 0) is 11.3 Å². The van der Waals surface area contributed by atoms with E-state index in [1.54, 1.807) is 6.07 Å². The maximum Gasteiger partial charge on any atom is 0.225 e. The fourth-order valence-electron chi connectivity index (χ4n) is 1.33. The summed E-state index contributed by atoms with van der Waals surface area (Å²) in [4.78, 5) is 15.9.